The SMILES string of the molecule is CC1(CNS(=O)(=O)N2CCC(CO)CC2)CCC1. The average molecular weight is 276 g/mol. The monoisotopic (exact) mass is 276 g/mol. The standard InChI is InChI=1S/C12H24N2O3S/c1-12(5-2-6-12)10-13-18(16,17)14-7-3-11(9-15)4-8-14/h11,13,15H,2-10H2,1H3. The molecule has 1 saturated carbocycles. The fraction of sp³-hybridized carbons (Fsp3) is 1.00. The molecule has 106 valence electrons. The molecule has 6 heteroatoms. The Morgan fingerprint density at radius 2 is 1.94 bits per heavy atom. The molecule has 2 aliphatic rings. The van der Waals surface area contributed by atoms with E-state index >= 15 is 0 Å². The van der Waals surface area contributed by atoms with Crippen molar-refractivity contribution in [1.29, 1.82) is 0 Å². The van der Waals surface area contributed by atoms with E-state index < -0.39 is 10.2 Å². The lowest BCUT2D eigenvalue weighted by atomic mass is 9.71. The summed E-state index contributed by atoms with van der Waals surface area (Å²) < 4.78 is 28.5. The number of nitrogens with zero attached hydrogens (tertiary/aromatic N) is 1. The topological polar surface area (TPSA) is 69.6 Å². The van der Waals surface area contributed by atoms with Gasteiger partial charge in [-0.05, 0) is 37.0 Å². The maximum atomic E-state index is 12.1. The van der Waals surface area contributed by atoms with E-state index in [0.29, 0.717) is 19.6 Å². The van der Waals surface area contributed by atoms with Gasteiger partial charge in [0.1, 0.15) is 0 Å². The number of hydrogen-bond acceptors (Lipinski definition) is 3. The van der Waals surface area contributed by atoms with Crippen molar-refractivity contribution in [3.8, 4) is 0 Å². The summed E-state index contributed by atoms with van der Waals surface area (Å²) in [6.45, 7) is 3.90. The maximum absolute atomic E-state index is 12.1. The fourth-order valence-electron chi connectivity index (χ4n) is 2.65. The van der Waals surface area contributed by atoms with Gasteiger partial charge in [0.15, 0.2) is 0 Å². The molecule has 0 atom stereocenters. The fourth-order valence-corrected chi connectivity index (χ4v) is 4.05. The first-order chi connectivity index (χ1) is 8.45. The molecule has 2 rings (SSSR count). The second-order valence-electron chi connectivity index (χ2n) is 6.02. The molecular formula is C12H24N2O3S. The molecule has 0 aromatic carbocycles. The highest BCUT2D eigenvalue weighted by molar-refractivity contribution is 7.87. The number of aliphatic hydroxyl groups excluding tert-OH is 1. The number of piperidine rings is 1. The molecule has 0 unspecified atom stereocenters. The van der Waals surface area contributed by atoms with Gasteiger partial charge in [-0.1, -0.05) is 13.3 Å². The second-order valence-corrected chi connectivity index (χ2v) is 7.77. The highest BCUT2D eigenvalue weighted by Gasteiger charge is 2.34. The van der Waals surface area contributed by atoms with E-state index in [-0.39, 0.29) is 17.9 Å². The number of rotatable bonds is 5. The molecule has 2 fully saturated rings. The van der Waals surface area contributed by atoms with Crippen molar-refractivity contribution in [3.05, 3.63) is 0 Å². The molecule has 1 saturated heterocycles. The minimum absolute atomic E-state index is 0.163. The van der Waals surface area contributed by atoms with Crippen molar-refractivity contribution in [1.82, 2.24) is 9.03 Å². The zero-order valence-electron chi connectivity index (χ0n) is 11.1. The van der Waals surface area contributed by atoms with E-state index in [9.17, 15) is 8.42 Å². The molecule has 0 spiro atoms. The van der Waals surface area contributed by atoms with Crippen LogP contribution in [0.5, 0.6) is 0 Å². The Bertz CT molecular complexity index is 371. The van der Waals surface area contributed by atoms with Gasteiger partial charge in [-0.15, -0.1) is 0 Å². The summed E-state index contributed by atoms with van der Waals surface area (Å²) in [7, 11) is -3.32. The third-order valence-corrected chi connectivity index (χ3v) is 5.97. The van der Waals surface area contributed by atoms with Crippen LogP contribution in [0.2, 0.25) is 0 Å². The van der Waals surface area contributed by atoms with Gasteiger partial charge in [0.25, 0.3) is 10.2 Å². The van der Waals surface area contributed by atoms with Crippen molar-refractivity contribution in [3.63, 3.8) is 0 Å². The van der Waals surface area contributed by atoms with Crippen LogP contribution in [0, 0.1) is 11.3 Å². The molecule has 0 aromatic rings. The second kappa shape index (κ2) is 5.45. The third-order valence-electron chi connectivity index (χ3n) is 4.41. The van der Waals surface area contributed by atoms with Crippen molar-refractivity contribution in [2.75, 3.05) is 26.2 Å². The van der Waals surface area contributed by atoms with Crippen molar-refractivity contribution >= 4 is 10.2 Å². The molecule has 1 heterocycles. The molecule has 0 amide bonds. The van der Waals surface area contributed by atoms with E-state index in [4.69, 9.17) is 5.11 Å². The Hall–Kier alpha value is -0.170. The lowest BCUT2D eigenvalue weighted by molar-refractivity contribution is 0.159. The van der Waals surface area contributed by atoms with Crippen LogP contribution in [0.4, 0.5) is 0 Å². The quantitative estimate of drug-likeness (QED) is 0.777. The van der Waals surface area contributed by atoms with Gasteiger partial charge in [0.2, 0.25) is 0 Å². The molecule has 0 radical (unpaired) electrons. The van der Waals surface area contributed by atoms with Crippen LogP contribution < -0.4 is 4.72 Å². The van der Waals surface area contributed by atoms with E-state index in [2.05, 4.69) is 11.6 Å². The lowest BCUT2D eigenvalue weighted by Crippen LogP contribution is -2.49. The third kappa shape index (κ3) is 3.23. The van der Waals surface area contributed by atoms with Crippen LogP contribution in [0.3, 0.4) is 0 Å². The van der Waals surface area contributed by atoms with Crippen molar-refractivity contribution in [2.24, 2.45) is 11.3 Å². The summed E-state index contributed by atoms with van der Waals surface area (Å²) >= 11 is 0. The minimum Gasteiger partial charge on any atom is -0.396 e. The van der Waals surface area contributed by atoms with Crippen LogP contribution in [0.25, 0.3) is 0 Å². The molecule has 5 nitrogen and oxygen atoms in total. The highest BCUT2D eigenvalue weighted by atomic mass is 32.2. The zero-order valence-corrected chi connectivity index (χ0v) is 11.9. The van der Waals surface area contributed by atoms with Gasteiger partial charge in [0, 0.05) is 26.2 Å². The van der Waals surface area contributed by atoms with Gasteiger partial charge in [-0.2, -0.15) is 12.7 Å². The van der Waals surface area contributed by atoms with E-state index in [0.717, 1.165) is 25.7 Å². The van der Waals surface area contributed by atoms with Crippen LogP contribution in [0.1, 0.15) is 39.0 Å². The van der Waals surface area contributed by atoms with Crippen LogP contribution in [0.15, 0.2) is 0 Å². The predicted octanol–water partition coefficient (Wildman–Crippen LogP) is 0.715. The maximum Gasteiger partial charge on any atom is 0.279 e. The minimum atomic E-state index is -3.32. The molecular weight excluding hydrogens is 252 g/mol. The van der Waals surface area contributed by atoms with Gasteiger partial charge < -0.3 is 5.11 Å². The van der Waals surface area contributed by atoms with Crippen LogP contribution in [-0.4, -0.2) is 44.1 Å². The van der Waals surface area contributed by atoms with Gasteiger partial charge in [-0.3, -0.25) is 0 Å². The van der Waals surface area contributed by atoms with Crippen LogP contribution >= 0.6 is 0 Å². The molecule has 1 aliphatic heterocycles. The molecule has 0 aromatic heterocycles. The van der Waals surface area contributed by atoms with Crippen molar-refractivity contribution < 1.29 is 13.5 Å². The molecule has 18 heavy (non-hydrogen) atoms. The van der Waals surface area contributed by atoms with Crippen LogP contribution in [-0.2, 0) is 10.2 Å². The number of nitrogens with one attached hydrogen (secondary N) is 1. The van der Waals surface area contributed by atoms with Gasteiger partial charge in [-0.25, -0.2) is 4.72 Å². The lowest BCUT2D eigenvalue weighted by Gasteiger charge is -2.39. The predicted molar refractivity (Wildman–Crippen MR) is 70.3 cm³/mol. The smallest absolute Gasteiger partial charge is 0.279 e. The molecule has 2 N–H and O–H groups in total. The Morgan fingerprint density at radius 1 is 1.33 bits per heavy atom. The van der Waals surface area contributed by atoms with E-state index in [1.807, 2.05) is 0 Å². The Labute approximate surface area is 110 Å². The van der Waals surface area contributed by atoms with Gasteiger partial charge >= 0.3 is 0 Å². The first-order valence-corrected chi connectivity index (χ1v) is 8.25. The Kier molecular flexibility index (Phi) is 4.31. The Balaban J connectivity index is 1.83. The molecule has 1 aliphatic carbocycles. The molecule has 0 bridgehead atoms. The normalized spacial score (nSPS) is 25.9. The summed E-state index contributed by atoms with van der Waals surface area (Å²) in [5, 5.41) is 9.05. The summed E-state index contributed by atoms with van der Waals surface area (Å²) in [5.74, 6) is 0.264. The van der Waals surface area contributed by atoms with E-state index in [1.165, 1.54) is 10.7 Å². The van der Waals surface area contributed by atoms with Gasteiger partial charge in [0.05, 0.1) is 0 Å². The number of hydrogen-bond donors (Lipinski definition) is 2. The average Bonchev–Trinajstić information content (AvgIpc) is 2.34. The summed E-state index contributed by atoms with van der Waals surface area (Å²) in [6.07, 6.45) is 4.95. The summed E-state index contributed by atoms with van der Waals surface area (Å²) in [4.78, 5) is 0. The largest absolute Gasteiger partial charge is 0.396 e. The number of aliphatic hydroxyl groups is 1. The first-order valence-electron chi connectivity index (χ1n) is 6.81. The Morgan fingerprint density at radius 3 is 2.39 bits per heavy atom. The van der Waals surface area contributed by atoms with Crippen molar-refractivity contribution in [2.45, 2.75) is 39.0 Å². The first kappa shape index (κ1) is 14.2. The van der Waals surface area contributed by atoms with E-state index in [1.54, 1.807) is 0 Å². The zero-order chi connectivity index (χ0) is 13.2. The summed E-state index contributed by atoms with van der Waals surface area (Å²) in [5.41, 5.74) is 0.163. The highest BCUT2D eigenvalue weighted by Crippen LogP contribution is 2.39. The summed E-state index contributed by atoms with van der Waals surface area (Å²) in [6, 6.07) is 0.